The third kappa shape index (κ3) is 3.32. The first-order valence-corrected chi connectivity index (χ1v) is 6.20. The zero-order valence-corrected chi connectivity index (χ0v) is 10.3. The van der Waals surface area contributed by atoms with Crippen LogP contribution in [0.2, 0.25) is 0 Å². The summed E-state index contributed by atoms with van der Waals surface area (Å²) < 4.78 is 12.3. The molecule has 1 heterocycles. The topological polar surface area (TPSA) is 40.5 Å². The Balaban J connectivity index is 2.54. The van der Waals surface area contributed by atoms with Crippen LogP contribution in [0.3, 0.4) is 0 Å². The van der Waals surface area contributed by atoms with Gasteiger partial charge in [0.05, 0.1) is 12.8 Å². The highest BCUT2D eigenvalue weighted by Crippen LogP contribution is 2.22. The van der Waals surface area contributed by atoms with E-state index in [9.17, 15) is 14.3 Å². The quantitative estimate of drug-likeness (QED) is 0.771. The van der Waals surface area contributed by atoms with Crippen LogP contribution in [0.5, 0.6) is 0 Å². The van der Waals surface area contributed by atoms with Crippen LogP contribution in [-0.2, 0) is 4.79 Å². The van der Waals surface area contributed by atoms with Crippen molar-refractivity contribution in [1.82, 2.24) is 4.90 Å². The van der Waals surface area contributed by atoms with Crippen LogP contribution in [0, 0.1) is 5.92 Å². The van der Waals surface area contributed by atoms with Gasteiger partial charge in [-0.15, -0.1) is 11.6 Å². The molecule has 94 valence electrons. The number of carbonyl (C=O) groups is 1. The highest BCUT2D eigenvalue weighted by atomic mass is 35.5. The first kappa shape index (κ1) is 13.7. The molecule has 3 unspecified atom stereocenters. The Morgan fingerprint density at radius 2 is 2.38 bits per heavy atom. The monoisotopic (exact) mass is 251 g/mol. The summed E-state index contributed by atoms with van der Waals surface area (Å²) >= 11 is 5.88. The first-order valence-electron chi connectivity index (χ1n) is 5.77. The van der Waals surface area contributed by atoms with Crippen LogP contribution in [-0.4, -0.2) is 47.2 Å². The zero-order chi connectivity index (χ0) is 12.1. The van der Waals surface area contributed by atoms with Gasteiger partial charge in [0.1, 0.15) is 5.38 Å². The number of aliphatic hydroxyl groups excluding tert-OH is 1. The van der Waals surface area contributed by atoms with Crippen molar-refractivity contribution >= 4 is 17.5 Å². The number of piperidine rings is 1. The molecule has 0 aromatic heterocycles. The number of alkyl halides is 2. The van der Waals surface area contributed by atoms with E-state index in [0.717, 1.165) is 0 Å². The Labute approximate surface area is 101 Å². The summed E-state index contributed by atoms with van der Waals surface area (Å²) in [5, 5.41) is 9.16. The van der Waals surface area contributed by atoms with Crippen LogP contribution in [0.15, 0.2) is 0 Å². The molecule has 0 saturated carbocycles. The lowest BCUT2D eigenvalue weighted by molar-refractivity contribution is -0.134. The van der Waals surface area contributed by atoms with E-state index in [1.54, 1.807) is 4.90 Å². The van der Waals surface area contributed by atoms with Gasteiger partial charge in [0.15, 0.2) is 0 Å². The normalized spacial score (nSPS) is 27.9. The Hall–Kier alpha value is -0.350. The van der Waals surface area contributed by atoms with Gasteiger partial charge in [0.2, 0.25) is 5.91 Å². The Morgan fingerprint density at radius 3 is 2.94 bits per heavy atom. The molecule has 0 aliphatic carbocycles. The molecule has 1 aliphatic heterocycles. The fraction of sp³-hybridized carbons (Fsp3) is 0.909. The highest BCUT2D eigenvalue weighted by Gasteiger charge is 2.31. The average molecular weight is 252 g/mol. The third-order valence-corrected chi connectivity index (χ3v) is 3.61. The van der Waals surface area contributed by atoms with Gasteiger partial charge in [-0.05, 0) is 19.3 Å². The van der Waals surface area contributed by atoms with E-state index >= 15 is 0 Å². The summed E-state index contributed by atoms with van der Waals surface area (Å²) in [4.78, 5) is 13.5. The SMILES string of the molecule is CCC(Cl)C(=O)N1CCC(O)C(CCF)C1. The summed E-state index contributed by atoms with van der Waals surface area (Å²) in [7, 11) is 0. The first-order chi connectivity index (χ1) is 7.60. The molecule has 0 radical (unpaired) electrons. The van der Waals surface area contributed by atoms with E-state index in [1.165, 1.54) is 0 Å². The number of aliphatic hydroxyl groups is 1. The zero-order valence-electron chi connectivity index (χ0n) is 9.53. The Kier molecular flexibility index (Phi) is 5.49. The van der Waals surface area contributed by atoms with Gasteiger partial charge >= 0.3 is 0 Å². The molecule has 1 aliphatic rings. The van der Waals surface area contributed by atoms with Crippen LogP contribution in [0.4, 0.5) is 4.39 Å². The second-order valence-electron chi connectivity index (χ2n) is 4.25. The van der Waals surface area contributed by atoms with Gasteiger partial charge in [0.25, 0.3) is 0 Å². The largest absolute Gasteiger partial charge is 0.393 e. The van der Waals surface area contributed by atoms with Crippen molar-refractivity contribution in [1.29, 1.82) is 0 Å². The lowest BCUT2D eigenvalue weighted by Gasteiger charge is -2.36. The summed E-state index contributed by atoms with van der Waals surface area (Å²) in [6, 6.07) is 0. The van der Waals surface area contributed by atoms with Crippen LogP contribution >= 0.6 is 11.6 Å². The van der Waals surface area contributed by atoms with Crippen molar-refractivity contribution < 1.29 is 14.3 Å². The molecule has 3 atom stereocenters. The van der Waals surface area contributed by atoms with Gasteiger partial charge in [-0.1, -0.05) is 6.92 Å². The van der Waals surface area contributed by atoms with Gasteiger partial charge in [-0.25, -0.2) is 0 Å². The lowest BCUT2D eigenvalue weighted by atomic mass is 9.92. The molecule has 1 amide bonds. The molecule has 1 saturated heterocycles. The number of likely N-dealkylation sites (tertiary alicyclic amines) is 1. The van der Waals surface area contributed by atoms with E-state index in [0.29, 0.717) is 32.4 Å². The molecule has 16 heavy (non-hydrogen) atoms. The maximum absolute atomic E-state index is 12.3. The van der Waals surface area contributed by atoms with Crippen molar-refractivity contribution in [3.05, 3.63) is 0 Å². The maximum atomic E-state index is 12.3. The molecule has 1 N–H and O–H groups in total. The number of halogens is 2. The number of carbonyl (C=O) groups excluding carboxylic acids is 1. The molecule has 0 aromatic rings. The van der Waals surface area contributed by atoms with Crippen molar-refractivity contribution in [2.24, 2.45) is 5.92 Å². The van der Waals surface area contributed by atoms with E-state index in [1.807, 2.05) is 6.92 Å². The van der Waals surface area contributed by atoms with Crippen LogP contribution in [0.25, 0.3) is 0 Å². The van der Waals surface area contributed by atoms with Crippen molar-refractivity contribution in [3.8, 4) is 0 Å². The minimum absolute atomic E-state index is 0.0973. The van der Waals surface area contributed by atoms with Crippen LogP contribution < -0.4 is 0 Å². The Morgan fingerprint density at radius 1 is 1.69 bits per heavy atom. The fourth-order valence-electron chi connectivity index (χ4n) is 2.02. The molecule has 0 aromatic carbocycles. The van der Waals surface area contributed by atoms with Crippen molar-refractivity contribution in [2.45, 2.75) is 37.7 Å². The minimum Gasteiger partial charge on any atom is -0.393 e. The predicted octanol–water partition coefficient (Wildman–Crippen LogP) is 1.57. The molecule has 1 rings (SSSR count). The summed E-state index contributed by atoms with van der Waals surface area (Å²) in [5.74, 6) is -0.247. The van der Waals surface area contributed by atoms with Crippen molar-refractivity contribution in [3.63, 3.8) is 0 Å². The molecule has 0 spiro atoms. The maximum Gasteiger partial charge on any atom is 0.240 e. The highest BCUT2D eigenvalue weighted by molar-refractivity contribution is 6.30. The summed E-state index contributed by atoms with van der Waals surface area (Å²) in [6.07, 6.45) is 0.927. The predicted molar refractivity (Wildman–Crippen MR) is 61.2 cm³/mol. The second-order valence-corrected chi connectivity index (χ2v) is 4.78. The molecule has 5 heteroatoms. The lowest BCUT2D eigenvalue weighted by Crippen LogP contribution is -2.48. The number of amides is 1. The van der Waals surface area contributed by atoms with E-state index in [4.69, 9.17) is 11.6 Å². The summed E-state index contributed by atoms with van der Waals surface area (Å²) in [6.45, 7) is 2.34. The molecule has 3 nitrogen and oxygen atoms in total. The van der Waals surface area contributed by atoms with Gasteiger partial charge in [-0.2, -0.15) is 0 Å². The van der Waals surface area contributed by atoms with Gasteiger partial charge in [0, 0.05) is 19.0 Å². The molecular weight excluding hydrogens is 233 g/mol. The fourth-order valence-corrected chi connectivity index (χ4v) is 2.15. The standard InChI is InChI=1S/C11H19ClFNO2/c1-2-9(12)11(16)14-6-4-10(15)8(7-14)3-5-13/h8-10,15H,2-7H2,1H3. The molecular formula is C11H19ClFNO2. The van der Waals surface area contributed by atoms with Crippen LogP contribution in [0.1, 0.15) is 26.2 Å². The van der Waals surface area contributed by atoms with Gasteiger partial charge in [-0.3, -0.25) is 9.18 Å². The van der Waals surface area contributed by atoms with Gasteiger partial charge < -0.3 is 10.0 Å². The second kappa shape index (κ2) is 6.40. The third-order valence-electron chi connectivity index (χ3n) is 3.11. The number of hydrogen-bond donors (Lipinski definition) is 1. The number of hydrogen-bond acceptors (Lipinski definition) is 2. The van der Waals surface area contributed by atoms with Crippen molar-refractivity contribution in [2.75, 3.05) is 19.8 Å². The molecule has 0 bridgehead atoms. The smallest absolute Gasteiger partial charge is 0.240 e. The van der Waals surface area contributed by atoms with E-state index < -0.39 is 18.2 Å². The number of rotatable bonds is 4. The van der Waals surface area contributed by atoms with E-state index in [2.05, 4.69) is 0 Å². The summed E-state index contributed by atoms with van der Waals surface area (Å²) in [5.41, 5.74) is 0. The average Bonchev–Trinajstić information content (AvgIpc) is 2.30. The minimum atomic E-state index is -0.499. The van der Waals surface area contributed by atoms with E-state index in [-0.39, 0.29) is 11.8 Å². The Bertz CT molecular complexity index is 240. The number of nitrogens with zero attached hydrogens (tertiary/aromatic N) is 1. The molecule has 1 fully saturated rings.